The first-order valence-corrected chi connectivity index (χ1v) is 4.50. The van der Waals surface area contributed by atoms with Crippen molar-refractivity contribution in [3.63, 3.8) is 0 Å². The fraction of sp³-hybridized carbons (Fsp3) is 0.300. The van der Waals surface area contributed by atoms with Gasteiger partial charge in [0.15, 0.2) is 0 Å². The van der Waals surface area contributed by atoms with Gasteiger partial charge in [-0.3, -0.25) is 4.68 Å². The molecule has 0 aliphatic heterocycles. The van der Waals surface area contributed by atoms with E-state index in [2.05, 4.69) is 10.1 Å². The van der Waals surface area contributed by atoms with Gasteiger partial charge in [-0.25, -0.2) is 4.98 Å². The van der Waals surface area contributed by atoms with Crippen molar-refractivity contribution in [3.8, 4) is 6.07 Å². The lowest BCUT2D eigenvalue weighted by Gasteiger charge is -1.95. The first-order valence-electron chi connectivity index (χ1n) is 4.50. The summed E-state index contributed by atoms with van der Waals surface area (Å²) >= 11 is 0. The van der Waals surface area contributed by atoms with Crippen LogP contribution in [0.2, 0.25) is 0 Å². The van der Waals surface area contributed by atoms with Crippen LogP contribution in [-0.4, -0.2) is 14.8 Å². The molecule has 0 saturated heterocycles. The fourth-order valence-electron chi connectivity index (χ4n) is 1.50. The number of hydrogen-bond donors (Lipinski definition) is 0. The van der Waals surface area contributed by atoms with Crippen LogP contribution >= 0.6 is 0 Å². The average Bonchev–Trinajstić information content (AvgIpc) is 2.55. The third-order valence-corrected chi connectivity index (χ3v) is 2.25. The standard InChI is InChI=1S/C10H10N4/c1-3-14-7(2)10-9(13-14)5-4-8(6-11)12-10/h4-5H,3H2,1-2H3. The smallest absolute Gasteiger partial charge is 0.141 e. The van der Waals surface area contributed by atoms with E-state index in [-0.39, 0.29) is 0 Å². The maximum absolute atomic E-state index is 8.71. The van der Waals surface area contributed by atoms with Crippen LogP contribution in [-0.2, 0) is 6.54 Å². The van der Waals surface area contributed by atoms with Crippen LogP contribution < -0.4 is 0 Å². The lowest BCUT2D eigenvalue weighted by atomic mass is 10.3. The molecule has 0 amide bonds. The molecule has 2 heterocycles. The van der Waals surface area contributed by atoms with E-state index in [1.165, 1.54) is 0 Å². The first-order chi connectivity index (χ1) is 6.76. The highest BCUT2D eigenvalue weighted by molar-refractivity contribution is 5.77. The molecule has 0 spiro atoms. The molecule has 0 aromatic carbocycles. The van der Waals surface area contributed by atoms with Crippen LogP contribution in [0.5, 0.6) is 0 Å². The Hall–Kier alpha value is -1.89. The van der Waals surface area contributed by atoms with E-state index in [1.54, 1.807) is 6.07 Å². The maximum atomic E-state index is 8.71. The summed E-state index contributed by atoms with van der Waals surface area (Å²) in [4.78, 5) is 4.22. The largest absolute Gasteiger partial charge is 0.267 e. The highest BCUT2D eigenvalue weighted by Gasteiger charge is 2.07. The Morgan fingerprint density at radius 1 is 1.50 bits per heavy atom. The molecule has 2 aromatic heterocycles. The second-order valence-corrected chi connectivity index (χ2v) is 3.08. The zero-order chi connectivity index (χ0) is 10.1. The average molecular weight is 186 g/mol. The Morgan fingerprint density at radius 3 is 2.93 bits per heavy atom. The third kappa shape index (κ3) is 1.14. The molecule has 70 valence electrons. The van der Waals surface area contributed by atoms with E-state index in [0.717, 1.165) is 23.3 Å². The summed E-state index contributed by atoms with van der Waals surface area (Å²) in [6, 6.07) is 5.55. The molecule has 0 N–H and O–H groups in total. The van der Waals surface area contributed by atoms with Crippen LogP contribution in [0.3, 0.4) is 0 Å². The van der Waals surface area contributed by atoms with Gasteiger partial charge in [0.05, 0.1) is 5.69 Å². The molecule has 0 atom stereocenters. The zero-order valence-corrected chi connectivity index (χ0v) is 8.15. The van der Waals surface area contributed by atoms with Gasteiger partial charge in [0.2, 0.25) is 0 Å². The minimum Gasteiger partial charge on any atom is -0.267 e. The van der Waals surface area contributed by atoms with Gasteiger partial charge in [-0.2, -0.15) is 10.4 Å². The van der Waals surface area contributed by atoms with E-state index in [0.29, 0.717) is 5.69 Å². The van der Waals surface area contributed by atoms with E-state index in [1.807, 2.05) is 30.7 Å². The van der Waals surface area contributed by atoms with E-state index in [4.69, 9.17) is 5.26 Å². The predicted molar refractivity (Wildman–Crippen MR) is 52.7 cm³/mol. The summed E-state index contributed by atoms with van der Waals surface area (Å²) in [5, 5.41) is 13.1. The van der Waals surface area contributed by atoms with Gasteiger partial charge in [0.25, 0.3) is 0 Å². The Balaban J connectivity index is 2.75. The lowest BCUT2D eigenvalue weighted by molar-refractivity contribution is 0.647. The summed E-state index contributed by atoms with van der Waals surface area (Å²) < 4.78 is 1.89. The number of aromatic nitrogens is 3. The predicted octanol–water partition coefficient (Wildman–Crippen LogP) is 1.63. The molecule has 0 bridgehead atoms. The molecule has 0 aliphatic rings. The van der Waals surface area contributed by atoms with Gasteiger partial charge in [0.1, 0.15) is 22.8 Å². The molecule has 0 fully saturated rings. The molecular weight excluding hydrogens is 176 g/mol. The Morgan fingerprint density at radius 2 is 2.29 bits per heavy atom. The van der Waals surface area contributed by atoms with Crippen molar-refractivity contribution in [1.82, 2.24) is 14.8 Å². The molecule has 2 aromatic rings. The summed E-state index contributed by atoms with van der Waals surface area (Å²) in [7, 11) is 0. The Kier molecular flexibility index (Phi) is 1.93. The number of nitrogens with zero attached hydrogens (tertiary/aromatic N) is 4. The molecule has 0 aliphatic carbocycles. The van der Waals surface area contributed by atoms with Gasteiger partial charge in [-0.05, 0) is 26.0 Å². The molecule has 2 rings (SSSR count). The molecule has 0 unspecified atom stereocenters. The van der Waals surface area contributed by atoms with Crippen molar-refractivity contribution < 1.29 is 0 Å². The highest BCUT2D eigenvalue weighted by atomic mass is 15.3. The second-order valence-electron chi connectivity index (χ2n) is 3.08. The highest BCUT2D eigenvalue weighted by Crippen LogP contribution is 2.15. The van der Waals surface area contributed by atoms with E-state index in [9.17, 15) is 0 Å². The quantitative estimate of drug-likeness (QED) is 0.680. The van der Waals surface area contributed by atoms with E-state index < -0.39 is 0 Å². The van der Waals surface area contributed by atoms with Crippen molar-refractivity contribution in [2.75, 3.05) is 0 Å². The SMILES string of the molecule is CCn1nc2ccc(C#N)nc2c1C. The van der Waals surface area contributed by atoms with Gasteiger partial charge in [-0.1, -0.05) is 0 Å². The number of aryl methyl sites for hydroxylation is 2. The topological polar surface area (TPSA) is 54.5 Å². The normalized spacial score (nSPS) is 10.4. The van der Waals surface area contributed by atoms with Crippen LogP contribution in [0, 0.1) is 18.3 Å². The van der Waals surface area contributed by atoms with Gasteiger partial charge in [0, 0.05) is 6.54 Å². The summed E-state index contributed by atoms with van der Waals surface area (Å²) in [6.07, 6.45) is 0. The minimum absolute atomic E-state index is 0.441. The molecule has 14 heavy (non-hydrogen) atoms. The molecule has 4 heteroatoms. The second kappa shape index (κ2) is 3.11. The maximum Gasteiger partial charge on any atom is 0.141 e. The van der Waals surface area contributed by atoms with Crippen molar-refractivity contribution >= 4 is 11.0 Å². The minimum atomic E-state index is 0.441. The van der Waals surface area contributed by atoms with Crippen molar-refractivity contribution in [1.29, 1.82) is 5.26 Å². The Bertz CT molecular complexity index is 519. The number of hydrogen-bond acceptors (Lipinski definition) is 3. The fourth-order valence-corrected chi connectivity index (χ4v) is 1.50. The number of pyridine rings is 1. The third-order valence-electron chi connectivity index (χ3n) is 2.25. The van der Waals surface area contributed by atoms with Gasteiger partial charge >= 0.3 is 0 Å². The molecule has 0 saturated carbocycles. The number of rotatable bonds is 1. The first kappa shape index (κ1) is 8.70. The zero-order valence-electron chi connectivity index (χ0n) is 8.15. The van der Waals surface area contributed by atoms with E-state index >= 15 is 0 Å². The van der Waals surface area contributed by atoms with Crippen molar-refractivity contribution in [2.24, 2.45) is 0 Å². The van der Waals surface area contributed by atoms with Gasteiger partial charge < -0.3 is 0 Å². The van der Waals surface area contributed by atoms with Crippen LogP contribution in [0.4, 0.5) is 0 Å². The monoisotopic (exact) mass is 186 g/mol. The Labute approximate surface area is 81.8 Å². The summed E-state index contributed by atoms with van der Waals surface area (Å²) in [5.41, 5.74) is 3.13. The van der Waals surface area contributed by atoms with Gasteiger partial charge in [-0.15, -0.1) is 0 Å². The molecule has 4 nitrogen and oxygen atoms in total. The lowest BCUT2D eigenvalue weighted by Crippen LogP contribution is -1.97. The van der Waals surface area contributed by atoms with Crippen LogP contribution in [0.1, 0.15) is 18.3 Å². The van der Waals surface area contributed by atoms with Crippen LogP contribution in [0.15, 0.2) is 12.1 Å². The summed E-state index contributed by atoms with van der Waals surface area (Å²) in [5.74, 6) is 0. The van der Waals surface area contributed by atoms with Crippen LogP contribution in [0.25, 0.3) is 11.0 Å². The number of fused-ring (bicyclic) bond motifs is 1. The van der Waals surface area contributed by atoms with Crippen molar-refractivity contribution in [2.45, 2.75) is 20.4 Å². The molecule has 0 radical (unpaired) electrons. The summed E-state index contributed by atoms with van der Waals surface area (Å²) in [6.45, 7) is 4.82. The van der Waals surface area contributed by atoms with Crippen molar-refractivity contribution in [3.05, 3.63) is 23.5 Å². The molecular formula is C10H10N4. The number of nitriles is 1.